The Balaban J connectivity index is 2.89. The molecule has 0 bridgehead atoms. The van der Waals surface area contributed by atoms with E-state index in [2.05, 4.69) is 0 Å². The summed E-state index contributed by atoms with van der Waals surface area (Å²) in [5, 5.41) is 0. The van der Waals surface area contributed by atoms with E-state index in [1.807, 2.05) is 0 Å². The van der Waals surface area contributed by atoms with Gasteiger partial charge in [0.05, 0.1) is 6.10 Å². The molecule has 1 heterocycles. The molecular weight excluding hydrogens is 228 g/mol. The molecule has 1 fully saturated rings. The lowest BCUT2D eigenvalue weighted by atomic mass is 10.0. The third kappa shape index (κ3) is 3.98. The van der Waals surface area contributed by atoms with Crippen molar-refractivity contribution < 1.29 is 29.9 Å². The molecule has 0 aromatic heterocycles. The van der Waals surface area contributed by atoms with Gasteiger partial charge in [0.2, 0.25) is 0 Å². The van der Waals surface area contributed by atoms with Crippen LogP contribution in [0.1, 0.15) is 28.5 Å². The fourth-order valence-electron chi connectivity index (χ4n) is 1.65. The van der Waals surface area contributed by atoms with Crippen LogP contribution >= 0.6 is 0 Å². The molecule has 5 atom stereocenters. The summed E-state index contributed by atoms with van der Waals surface area (Å²) in [6, 6.07) is 0. The maximum Gasteiger partial charge on any atom is 0.303 e. The van der Waals surface area contributed by atoms with Crippen molar-refractivity contribution in [2.75, 3.05) is 7.11 Å². The molecule has 0 saturated carbocycles. The first kappa shape index (κ1) is 12.3. The van der Waals surface area contributed by atoms with E-state index < -0.39 is 42.9 Å². The first-order chi connectivity index (χ1) is 8.36. The summed E-state index contributed by atoms with van der Waals surface area (Å²) in [6.07, 6.45) is -4.03. The van der Waals surface area contributed by atoms with Gasteiger partial charge in [-0.3, -0.25) is 9.59 Å². The van der Waals surface area contributed by atoms with Gasteiger partial charge in [-0.15, -0.1) is 0 Å². The molecule has 6 nitrogen and oxygen atoms in total. The summed E-state index contributed by atoms with van der Waals surface area (Å²) >= 11 is 0. The average Bonchev–Trinajstić information content (AvgIpc) is 2.27. The molecule has 98 valence electrons. The van der Waals surface area contributed by atoms with Gasteiger partial charge in [0.15, 0.2) is 12.4 Å². The summed E-state index contributed by atoms with van der Waals surface area (Å²) in [7, 11) is 1.40. The molecule has 1 aliphatic heterocycles. The second-order valence-corrected chi connectivity index (χ2v) is 3.79. The summed E-state index contributed by atoms with van der Waals surface area (Å²) in [5.41, 5.74) is 0. The van der Waals surface area contributed by atoms with E-state index in [1.54, 1.807) is 6.92 Å². The van der Waals surface area contributed by atoms with Crippen molar-refractivity contribution in [3.05, 3.63) is 0 Å². The van der Waals surface area contributed by atoms with E-state index in [9.17, 15) is 9.59 Å². The second-order valence-electron chi connectivity index (χ2n) is 3.79. The summed E-state index contributed by atoms with van der Waals surface area (Å²) in [4.78, 5) is 22.1. The zero-order chi connectivity index (χ0) is 13.9. The van der Waals surface area contributed by atoms with Gasteiger partial charge in [-0.05, 0) is 6.92 Å². The Morgan fingerprint density at radius 1 is 1.29 bits per heavy atom. The number of hydrogen-bond acceptors (Lipinski definition) is 6. The van der Waals surface area contributed by atoms with Crippen molar-refractivity contribution in [1.82, 2.24) is 0 Å². The number of carbonyl (C=O) groups excluding carboxylic acids is 2. The van der Waals surface area contributed by atoms with Crippen LogP contribution in [-0.2, 0) is 28.5 Å². The van der Waals surface area contributed by atoms with Gasteiger partial charge in [-0.1, -0.05) is 0 Å². The van der Waals surface area contributed by atoms with E-state index in [1.165, 1.54) is 21.0 Å². The number of hydrogen-bond donors (Lipinski definition) is 0. The number of methoxy groups -OCH3 is 1. The molecule has 17 heavy (non-hydrogen) atoms. The predicted molar refractivity (Wildman–Crippen MR) is 57.1 cm³/mol. The highest BCUT2D eigenvalue weighted by atomic mass is 16.7. The van der Waals surface area contributed by atoms with E-state index in [-0.39, 0.29) is 0 Å². The minimum Gasteiger partial charge on any atom is -0.458 e. The molecule has 1 aliphatic rings. The number of rotatable bonds is 3. The van der Waals surface area contributed by atoms with Crippen molar-refractivity contribution in [1.29, 1.82) is 0 Å². The molecule has 0 spiro atoms. The lowest BCUT2D eigenvalue weighted by molar-refractivity contribution is -0.248. The zero-order valence-electron chi connectivity index (χ0n) is 11.3. The van der Waals surface area contributed by atoms with Crippen LogP contribution in [0.15, 0.2) is 0 Å². The van der Waals surface area contributed by atoms with Crippen molar-refractivity contribution in [2.45, 2.75) is 51.8 Å². The number of carbonyl (C=O) groups is 2. The fourth-order valence-corrected chi connectivity index (χ4v) is 1.65. The maximum atomic E-state index is 11.1. The van der Waals surface area contributed by atoms with E-state index in [0.717, 1.165) is 0 Å². The fraction of sp³-hybridized carbons (Fsp3) is 0.818. The Labute approximate surface area is 102 Å². The van der Waals surface area contributed by atoms with Gasteiger partial charge in [-0.25, -0.2) is 0 Å². The van der Waals surface area contributed by atoms with Crippen LogP contribution in [0.5, 0.6) is 0 Å². The maximum absolute atomic E-state index is 11.1. The molecule has 0 N–H and O–H groups in total. The molecule has 0 unspecified atom stereocenters. The van der Waals surface area contributed by atoms with Crippen LogP contribution in [-0.4, -0.2) is 43.7 Å². The van der Waals surface area contributed by atoms with Gasteiger partial charge in [0.25, 0.3) is 0 Å². The Morgan fingerprint density at radius 3 is 2.35 bits per heavy atom. The predicted octanol–water partition coefficient (Wildman–Crippen LogP) is 0.631. The van der Waals surface area contributed by atoms with Gasteiger partial charge in [-0.2, -0.15) is 0 Å². The van der Waals surface area contributed by atoms with Gasteiger partial charge >= 0.3 is 11.9 Å². The molecule has 1 saturated heterocycles. The molecule has 0 aromatic carbocycles. The third-order valence-electron chi connectivity index (χ3n) is 2.32. The Kier molecular flexibility index (Phi) is 4.33. The minimum absolute atomic E-state index is 0.518. The first-order valence-electron chi connectivity index (χ1n) is 5.89. The Bertz CT molecular complexity index is 321. The summed E-state index contributed by atoms with van der Waals surface area (Å²) < 4.78 is 28.4. The van der Waals surface area contributed by atoms with Gasteiger partial charge in [0.1, 0.15) is 6.10 Å². The standard InChI is InChI=1S/C11H18O6/c1-6-11(17-8(3)13)9(16-7(2)12)5-10(14-4)15-6/h6,9-11H,5H2,1-4H3/t6-,9-,10-,11+/m0/s1/i5D/t5-,6-,9-,10-,11+. The van der Waals surface area contributed by atoms with E-state index in [4.69, 9.17) is 20.3 Å². The normalized spacial score (nSPS) is 38.1. The summed E-state index contributed by atoms with van der Waals surface area (Å²) in [5.74, 6) is -1.06. The van der Waals surface area contributed by atoms with Gasteiger partial charge in [0, 0.05) is 28.7 Å². The number of esters is 2. The molecule has 0 aliphatic carbocycles. The van der Waals surface area contributed by atoms with Gasteiger partial charge < -0.3 is 18.9 Å². The molecule has 1 rings (SSSR count). The van der Waals surface area contributed by atoms with Crippen molar-refractivity contribution in [3.63, 3.8) is 0 Å². The van der Waals surface area contributed by atoms with E-state index >= 15 is 0 Å². The molecule has 6 heteroatoms. The molecule has 0 amide bonds. The van der Waals surface area contributed by atoms with Crippen molar-refractivity contribution in [3.8, 4) is 0 Å². The monoisotopic (exact) mass is 247 g/mol. The summed E-state index contributed by atoms with van der Waals surface area (Å²) in [6.45, 7) is 4.15. The van der Waals surface area contributed by atoms with Crippen LogP contribution in [0.25, 0.3) is 0 Å². The second kappa shape index (κ2) is 5.97. The lowest BCUT2D eigenvalue weighted by Gasteiger charge is -2.38. The highest BCUT2D eigenvalue weighted by Crippen LogP contribution is 2.25. The Hall–Kier alpha value is -1.14. The zero-order valence-corrected chi connectivity index (χ0v) is 10.3. The highest BCUT2D eigenvalue weighted by molar-refractivity contribution is 5.67. The van der Waals surface area contributed by atoms with Crippen LogP contribution in [0.4, 0.5) is 0 Å². The third-order valence-corrected chi connectivity index (χ3v) is 2.32. The SMILES string of the molecule is [2H][C@@H]1[C@@H](OC)O[C@@H](C)[C@@H](OC(C)=O)[C@H]1OC(C)=O. The largest absolute Gasteiger partial charge is 0.458 e. The lowest BCUT2D eigenvalue weighted by Crippen LogP contribution is -2.51. The Morgan fingerprint density at radius 2 is 1.88 bits per heavy atom. The average molecular weight is 247 g/mol. The smallest absolute Gasteiger partial charge is 0.303 e. The molecule has 0 radical (unpaired) electrons. The topological polar surface area (TPSA) is 71.1 Å². The highest BCUT2D eigenvalue weighted by Gasteiger charge is 2.40. The first-order valence-corrected chi connectivity index (χ1v) is 5.31. The van der Waals surface area contributed by atoms with Crippen LogP contribution < -0.4 is 0 Å². The van der Waals surface area contributed by atoms with Crippen LogP contribution in [0, 0.1) is 0 Å². The minimum atomic E-state index is -0.973. The number of ether oxygens (including phenoxy) is 4. The van der Waals surface area contributed by atoms with Crippen LogP contribution in [0.2, 0.25) is 0 Å². The van der Waals surface area contributed by atoms with E-state index in [0.29, 0.717) is 0 Å². The quantitative estimate of drug-likeness (QED) is 0.681. The van der Waals surface area contributed by atoms with Crippen molar-refractivity contribution >= 4 is 11.9 Å². The van der Waals surface area contributed by atoms with Crippen LogP contribution in [0.3, 0.4) is 0 Å². The van der Waals surface area contributed by atoms with Crippen molar-refractivity contribution in [2.24, 2.45) is 0 Å². The molecular formula is C11H18O6. The molecule has 0 aromatic rings.